The van der Waals surface area contributed by atoms with Gasteiger partial charge in [0.05, 0.1) is 42.2 Å². The minimum Gasteiger partial charge on any atom is -0.458 e. The lowest BCUT2D eigenvalue weighted by molar-refractivity contribution is -0.319. The van der Waals surface area contributed by atoms with Gasteiger partial charge in [-0.1, -0.05) is 13.8 Å². The second kappa shape index (κ2) is 12.6. The van der Waals surface area contributed by atoms with Crippen molar-refractivity contribution >= 4 is 5.97 Å². The van der Waals surface area contributed by atoms with Crippen molar-refractivity contribution in [1.29, 1.82) is 0 Å². The first-order valence-corrected chi connectivity index (χ1v) is 18.1. The van der Waals surface area contributed by atoms with E-state index in [1.54, 1.807) is 20.1 Å². The van der Waals surface area contributed by atoms with E-state index in [1.807, 2.05) is 6.92 Å². The van der Waals surface area contributed by atoms with Crippen molar-refractivity contribution in [3.05, 3.63) is 11.6 Å². The number of carbonyl (C=O) groups is 1. The molecule has 0 radical (unpaired) electrons. The predicted octanol–water partition coefficient (Wildman–Crippen LogP) is 2.99. The number of hydrogen-bond donors (Lipinski definition) is 4. The van der Waals surface area contributed by atoms with Crippen molar-refractivity contribution in [2.45, 2.75) is 159 Å². The van der Waals surface area contributed by atoms with Crippen LogP contribution in [0.3, 0.4) is 0 Å². The predicted molar refractivity (Wildman–Crippen MR) is 168 cm³/mol. The minimum absolute atomic E-state index is 0.00342. The van der Waals surface area contributed by atoms with Crippen molar-refractivity contribution in [3.8, 4) is 0 Å². The van der Waals surface area contributed by atoms with Crippen LogP contribution in [0, 0.1) is 34.5 Å². The second-order valence-electron chi connectivity index (χ2n) is 16.4. The summed E-state index contributed by atoms with van der Waals surface area (Å²) < 4.78 is 35.5. The van der Waals surface area contributed by atoms with Crippen LogP contribution in [0.25, 0.3) is 0 Å². The highest BCUT2D eigenvalue weighted by atomic mass is 16.7. The Bertz CT molecular complexity index is 1200. The van der Waals surface area contributed by atoms with Gasteiger partial charge in [-0.25, -0.2) is 4.79 Å². The molecule has 0 aromatic heterocycles. The summed E-state index contributed by atoms with van der Waals surface area (Å²) in [5, 5.41) is 45.8. The van der Waals surface area contributed by atoms with Crippen molar-refractivity contribution in [2.75, 3.05) is 13.7 Å². The molecular weight excluding hydrogens is 608 g/mol. The number of carbonyl (C=O) groups excluding carboxylic acids is 1. The monoisotopic (exact) mass is 664 g/mol. The standard InChI is InChI=1S/C36H56O11/c1-18-32(40)27(42-5)15-30(44-18)47-33-19(2)45-29(14-25(33)37)46-22-8-10-34(3)21(13-22)6-7-24-31(34)26(38)16-35(4)23(9-11-36(24,35)41)20-12-28(39)43-17-20/h12,18-19,21-27,29-33,37-38,40-41H,6-11,13-17H2,1-5H3. The summed E-state index contributed by atoms with van der Waals surface area (Å²) in [5.41, 5.74) is -0.535. The van der Waals surface area contributed by atoms with Crippen LogP contribution in [0.2, 0.25) is 0 Å². The van der Waals surface area contributed by atoms with E-state index in [-0.39, 0.29) is 41.7 Å². The topological polar surface area (TPSA) is 153 Å². The van der Waals surface area contributed by atoms with E-state index in [9.17, 15) is 25.2 Å². The van der Waals surface area contributed by atoms with Gasteiger partial charge >= 0.3 is 5.97 Å². The highest BCUT2D eigenvalue weighted by Gasteiger charge is 2.70. The average Bonchev–Trinajstić information content (AvgIpc) is 3.56. The molecule has 17 unspecified atom stereocenters. The van der Waals surface area contributed by atoms with E-state index in [0.717, 1.165) is 44.1 Å². The molecule has 4 saturated carbocycles. The first kappa shape index (κ1) is 34.3. The summed E-state index contributed by atoms with van der Waals surface area (Å²) in [6, 6.07) is 0. The smallest absolute Gasteiger partial charge is 0.331 e. The SMILES string of the molecule is COC1CC(OC2C(O)CC(OC3CCC4(C)C(CCC5C4C(O)CC4(C)C(C6=CC(=O)OC6)CCC54O)C3)OC2C)OC(C)C1O. The number of methoxy groups -OCH3 is 1. The Balaban J connectivity index is 0.973. The summed E-state index contributed by atoms with van der Waals surface area (Å²) in [5.74, 6) is 0.0936. The maximum absolute atomic E-state index is 12.5. The maximum Gasteiger partial charge on any atom is 0.331 e. The summed E-state index contributed by atoms with van der Waals surface area (Å²) in [6.07, 6.45) is 3.55. The van der Waals surface area contributed by atoms with Gasteiger partial charge in [-0.3, -0.25) is 0 Å². The Morgan fingerprint density at radius 1 is 0.894 bits per heavy atom. The summed E-state index contributed by atoms with van der Waals surface area (Å²) in [4.78, 5) is 11.9. The Labute approximate surface area is 278 Å². The highest BCUT2D eigenvalue weighted by Crippen LogP contribution is 2.70. The number of esters is 1. The molecule has 0 amide bonds. The number of ether oxygens (including phenoxy) is 6. The van der Waals surface area contributed by atoms with Crippen molar-refractivity contribution < 1.29 is 53.6 Å². The first-order chi connectivity index (χ1) is 22.3. The van der Waals surface area contributed by atoms with Crippen molar-refractivity contribution in [3.63, 3.8) is 0 Å². The largest absolute Gasteiger partial charge is 0.458 e. The lowest BCUT2D eigenvalue weighted by Gasteiger charge is -2.65. The van der Waals surface area contributed by atoms with E-state index in [1.165, 1.54) is 0 Å². The quantitative estimate of drug-likeness (QED) is 0.245. The van der Waals surface area contributed by atoms with Gasteiger partial charge in [0, 0.05) is 31.4 Å². The number of cyclic esters (lactones) is 1. The van der Waals surface area contributed by atoms with Crippen LogP contribution in [-0.4, -0.2) is 107 Å². The van der Waals surface area contributed by atoms with Crippen LogP contribution < -0.4 is 0 Å². The number of hydrogen-bond acceptors (Lipinski definition) is 11. The van der Waals surface area contributed by atoms with Crippen molar-refractivity contribution in [2.24, 2.45) is 34.5 Å². The van der Waals surface area contributed by atoms with Crippen LogP contribution >= 0.6 is 0 Å². The molecule has 0 bridgehead atoms. The third-order valence-electron chi connectivity index (χ3n) is 14.1. The molecule has 3 aliphatic heterocycles. The molecule has 2 saturated heterocycles. The molecule has 6 fully saturated rings. The fraction of sp³-hybridized carbons (Fsp3) is 0.917. The third kappa shape index (κ3) is 5.64. The van der Waals surface area contributed by atoms with Crippen LogP contribution in [0.5, 0.6) is 0 Å². The van der Waals surface area contributed by atoms with E-state index in [2.05, 4.69) is 13.8 Å². The lowest BCUT2D eigenvalue weighted by Crippen LogP contribution is -2.66. The molecule has 7 aliphatic rings. The Hall–Kier alpha value is -1.15. The van der Waals surface area contributed by atoms with Gasteiger partial charge in [0.1, 0.15) is 18.8 Å². The number of aliphatic hydroxyl groups is 4. The zero-order valence-corrected chi connectivity index (χ0v) is 28.6. The molecule has 47 heavy (non-hydrogen) atoms. The van der Waals surface area contributed by atoms with E-state index in [4.69, 9.17) is 28.4 Å². The summed E-state index contributed by atoms with van der Waals surface area (Å²) >= 11 is 0. The third-order valence-corrected chi connectivity index (χ3v) is 14.1. The Morgan fingerprint density at radius 2 is 1.64 bits per heavy atom. The van der Waals surface area contributed by atoms with Crippen LogP contribution in [0.4, 0.5) is 0 Å². The molecule has 0 aromatic rings. The molecule has 266 valence electrons. The molecule has 0 aromatic carbocycles. The normalized spacial score (nSPS) is 54.7. The van der Waals surface area contributed by atoms with Gasteiger partial charge < -0.3 is 48.8 Å². The van der Waals surface area contributed by atoms with Gasteiger partial charge in [-0.2, -0.15) is 0 Å². The zero-order valence-electron chi connectivity index (χ0n) is 28.6. The molecular formula is C36H56O11. The second-order valence-corrected chi connectivity index (χ2v) is 16.4. The van der Waals surface area contributed by atoms with Gasteiger partial charge in [0.2, 0.25) is 0 Å². The van der Waals surface area contributed by atoms with E-state index < -0.39 is 66.3 Å². The van der Waals surface area contributed by atoms with Gasteiger partial charge in [-0.05, 0) is 99.9 Å². The summed E-state index contributed by atoms with van der Waals surface area (Å²) in [6.45, 7) is 8.41. The molecule has 7 rings (SSSR count). The molecule has 4 aliphatic carbocycles. The van der Waals surface area contributed by atoms with E-state index in [0.29, 0.717) is 31.8 Å². The molecule has 11 heteroatoms. The van der Waals surface area contributed by atoms with Gasteiger partial charge in [-0.15, -0.1) is 0 Å². The Kier molecular flexibility index (Phi) is 9.17. The van der Waals surface area contributed by atoms with Crippen LogP contribution in [-0.2, 0) is 33.2 Å². The molecule has 0 spiro atoms. The zero-order chi connectivity index (χ0) is 33.5. The van der Waals surface area contributed by atoms with Crippen LogP contribution in [0.1, 0.15) is 91.9 Å². The summed E-state index contributed by atoms with van der Waals surface area (Å²) in [7, 11) is 1.56. The fourth-order valence-corrected chi connectivity index (χ4v) is 11.6. The molecule has 3 heterocycles. The molecule has 11 nitrogen and oxygen atoms in total. The molecule has 4 N–H and O–H groups in total. The van der Waals surface area contributed by atoms with Crippen LogP contribution in [0.15, 0.2) is 11.6 Å². The number of aliphatic hydroxyl groups excluding tert-OH is 3. The average molecular weight is 665 g/mol. The minimum atomic E-state index is -0.888. The van der Waals surface area contributed by atoms with Crippen molar-refractivity contribution in [1.82, 2.24) is 0 Å². The number of fused-ring (bicyclic) bond motifs is 5. The van der Waals surface area contributed by atoms with E-state index >= 15 is 0 Å². The first-order valence-electron chi connectivity index (χ1n) is 18.1. The Morgan fingerprint density at radius 3 is 2.34 bits per heavy atom. The molecule has 17 atom stereocenters. The maximum atomic E-state index is 12.5. The fourth-order valence-electron chi connectivity index (χ4n) is 11.6. The van der Waals surface area contributed by atoms with Gasteiger partial charge in [0.25, 0.3) is 0 Å². The highest BCUT2D eigenvalue weighted by molar-refractivity contribution is 5.85. The number of rotatable bonds is 6. The lowest BCUT2D eigenvalue weighted by atomic mass is 9.42. The van der Waals surface area contributed by atoms with Gasteiger partial charge in [0.15, 0.2) is 12.6 Å².